The molecule has 1 aromatic carbocycles. The number of hydrogen-bond acceptors (Lipinski definition) is 2. The standard InChI is InChI=1S/C14H14FN3O/c15-11-3-1-2-4-12(11)17-14(19)10-5-7-18-8-6-16-13(18)9-10/h1-4,6,8,10H,5,7,9H2,(H,17,19). The number of nitrogens with one attached hydrogen (secondary N) is 1. The lowest BCUT2D eigenvalue weighted by atomic mass is 9.97. The molecule has 0 saturated heterocycles. The first-order valence-corrected chi connectivity index (χ1v) is 6.29. The monoisotopic (exact) mass is 259 g/mol. The van der Waals surface area contributed by atoms with Gasteiger partial charge in [-0.05, 0) is 18.6 Å². The van der Waals surface area contributed by atoms with Gasteiger partial charge in [-0.2, -0.15) is 0 Å². The number of aromatic nitrogens is 2. The van der Waals surface area contributed by atoms with Crippen molar-refractivity contribution in [3.8, 4) is 0 Å². The maximum absolute atomic E-state index is 13.5. The minimum atomic E-state index is -0.409. The number of hydrogen-bond donors (Lipinski definition) is 1. The first-order valence-electron chi connectivity index (χ1n) is 6.29. The molecule has 0 saturated carbocycles. The molecule has 4 nitrogen and oxygen atoms in total. The van der Waals surface area contributed by atoms with Crippen molar-refractivity contribution in [3.63, 3.8) is 0 Å². The molecule has 0 spiro atoms. The number of anilines is 1. The first kappa shape index (κ1) is 11.9. The van der Waals surface area contributed by atoms with Crippen molar-refractivity contribution < 1.29 is 9.18 Å². The van der Waals surface area contributed by atoms with Crippen molar-refractivity contribution in [1.29, 1.82) is 0 Å². The van der Waals surface area contributed by atoms with Crippen LogP contribution in [0.1, 0.15) is 12.2 Å². The van der Waals surface area contributed by atoms with Gasteiger partial charge in [-0.25, -0.2) is 9.37 Å². The summed E-state index contributed by atoms with van der Waals surface area (Å²) in [5, 5.41) is 2.65. The minimum Gasteiger partial charge on any atom is -0.335 e. The molecule has 5 heteroatoms. The number of carbonyl (C=O) groups excluding carboxylic acids is 1. The number of aryl methyl sites for hydroxylation is 1. The normalized spacial score (nSPS) is 17.8. The van der Waals surface area contributed by atoms with Crippen LogP contribution in [-0.2, 0) is 17.8 Å². The zero-order valence-electron chi connectivity index (χ0n) is 10.3. The zero-order valence-corrected chi connectivity index (χ0v) is 10.3. The summed E-state index contributed by atoms with van der Waals surface area (Å²) < 4.78 is 15.5. The molecule has 0 radical (unpaired) electrons. The highest BCUT2D eigenvalue weighted by molar-refractivity contribution is 5.92. The van der Waals surface area contributed by atoms with Gasteiger partial charge in [-0.1, -0.05) is 12.1 Å². The molecule has 1 aliphatic heterocycles. The average molecular weight is 259 g/mol. The highest BCUT2D eigenvalue weighted by Crippen LogP contribution is 2.21. The second-order valence-corrected chi connectivity index (χ2v) is 4.70. The molecule has 0 bridgehead atoms. The Morgan fingerprint density at radius 2 is 2.26 bits per heavy atom. The van der Waals surface area contributed by atoms with Gasteiger partial charge in [0, 0.05) is 31.3 Å². The summed E-state index contributed by atoms with van der Waals surface area (Å²) >= 11 is 0. The zero-order chi connectivity index (χ0) is 13.2. The van der Waals surface area contributed by atoms with Crippen LogP contribution in [-0.4, -0.2) is 15.5 Å². The molecule has 1 atom stereocenters. The maximum Gasteiger partial charge on any atom is 0.228 e. The molecule has 2 heterocycles. The van der Waals surface area contributed by atoms with E-state index in [1.54, 1.807) is 24.4 Å². The van der Waals surface area contributed by atoms with E-state index in [0.717, 1.165) is 18.8 Å². The van der Waals surface area contributed by atoms with E-state index in [1.165, 1.54) is 6.07 Å². The lowest BCUT2D eigenvalue weighted by molar-refractivity contribution is -0.120. The van der Waals surface area contributed by atoms with Crippen LogP contribution in [0.2, 0.25) is 0 Å². The number of rotatable bonds is 2. The fraction of sp³-hybridized carbons (Fsp3) is 0.286. The largest absolute Gasteiger partial charge is 0.335 e. The van der Waals surface area contributed by atoms with E-state index in [1.807, 2.05) is 10.8 Å². The van der Waals surface area contributed by atoms with Crippen molar-refractivity contribution in [3.05, 3.63) is 48.3 Å². The fourth-order valence-corrected chi connectivity index (χ4v) is 2.37. The Balaban J connectivity index is 1.71. The number of para-hydroxylation sites is 1. The lowest BCUT2D eigenvalue weighted by Crippen LogP contribution is -2.30. The van der Waals surface area contributed by atoms with Crippen molar-refractivity contribution in [2.24, 2.45) is 5.92 Å². The van der Waals surface area contributed by atoms with Crippen LogP contribution in [0.25, 0.3) is 0 Å². The van der Waals surface area contributed by atoms with E-state index < -0.39 is 5.82 Å². The molecule has 1 aliphatic rings. The number of halogens is 1. The van der Waals surface area contributed by atoms with Crippen LogP contribution in [0.3, 0.4) is 0 Å². The number of imidazole rings is 1. The molecule has 3 rings (SSSR count). The molecule has 1 unspecified atom stereocenters. The van der Waals surface area contributed by atoms with Crippen molar-refractivity contribution in [1.82, 2.24) is 9.55 Å². The third-order valence-electron chi connectivity index (χ3n) is 3.45. The van der Waals surface area contributed by atoms with E-state index in [-0.39, 0.29) is 17.5 Å². The quantitative estimate of drug-likeness (QED) is 0.899. The minimum absolute atomic E-state index is 0.139. The van der Waals surface area contributed by atoms with E-state index in [0.29, 0.717) is 6.42 Å². The Morgan fingerprint density at radius 3 is 3.11 bits per heavy atom. The topological polar surface area (TPSA) is 46.9 Å². The maximum atomic E-state index is 13.5. The average Bonchev–Trinajstić information content (AvgIpc) is 2.88. The molecule has 0 fully saturated rings. The van der Waals surface area contributed by atoms with Gasteiger partial charge in [0.15, 0.2) is 0 Å². The molecule has 1 N–H and O–H groups in total. The van der Waals surface area contributed by atoms with E-state index in [9.17, 15) is 9.18 Å². The number of benzene rings is 1. The van der Waals surface area contributed by atoms with Crippen LogP contribution in [0.5, 0.6) is 0 Å². The third-order valence-corrected chi connectivity index (χ3v) is 3.45. The summed E-state index contributed by atoms with van der Waals surface area (Å²) in [4.78, 5) is 16.4. The van der Waals surface area contributed by atoms with E-state index in [4.69, 9.17) is 0 Å². The molecule has 98 valence electrons. The van der Waals surface area contributed by atoms with E-state index >= 15 is 0 Å². The second-order valence-electron chi connectivity index (χ2n) is 4.70. The number of amides is 1. The Morgan fingerprint density at radius 1 is 1.42 bits per heavy atom. The highest BCUT2D eigenvalue weighted by atomic mass is 19.1. The predicted octanol–water partition coefficient (Wildman–Crippen LogP) is 2.22. The van der Waals surface area contributed by atoms with Crippen LogP contribution in [0.15, 0.2) is 36.7 Å². The van der Waals surface area contributed by atoms with Gasteiger partial charge in [0.1, 0.15) is 11.6 Å². The summed E-state index contributed by atoms with van der Waals surface area (Å²) in [6.07, 6.45) is 5.02. The molecular formula is C14H14FN3O. The number of fused-ring (bicyclic) bond motifs is 1. The number of carbonyl (C=O) groups is 1. The van der Waals surface area contributed by atoms with Crippen molar-refractivity contribution >= 4 is 11.6 Å². The SMILES string of the molecule is O=C(Nc1ccccc1F)C1CCn2ccnc2C1. The smallest absolute Gasteiger partial charge is 0.228 e. The van der Waals surface area contributed by atoms with Crippen LogP contribution in [0.4, 0.5) is 10.1 Å². The highest BCUT2D eigenvalue weighted by Gasteiger charge is 2.25. The first-order chi connectivity index (χ1) is 9.24. The van der Waals surface area contributed by atoms with Gasteiger partial charge >= 0.3 is 0 Å². The lowest BCUT2D eigenvalue weighted by Gasteiger charge is -2.22. The molecule has 19 heavy (non-hydrogen) atoms. The van der Waals surface area contributed by atoms with Gasteiger partial charge in [0.25, 0.3) is 0 Å². The Kier molecular flexibility index (Phi) is 3.03. The fourth-order valence-electron chi connectivity index (χ4n) is 2.37. The second kappa shape index (κ2) is 4.84. The van der Waals surface area contributed by atoms with Gasteiger partial charge < -0.3 is 9.88 Å². The number of nitrogens with zero attached hydrogens (tertiary/aromatic N) is 2. The van der Waals surface area contributed by atoms with Crippen molar-refractivity contribution in [2.45, 2.75) is 19.4 Å². The summed E-state index contributed by atoms with van der Waals surface area (Å²) in [5.41, 5.74) is 0.237. The van der Waals surface area contributed by atoms with Crippen LogP contribution >= 0.6 is 0 Å². The Bertz CT molecular complexity index is 608. The van der Waals surface area contributed by atoms with Gasteiger partial charge in [-0.15, -0.1) is 0 Å². The summed E-state index contributed by atoms with van der Waals surface area (Å²) in [6.45, 7) is 0.782. The predicted molar refractivity (Wildman–Crippen MR) is 69.1 cm³/mol. The van der Waals surface area contributed by atoms with Crippen LogP contribution < -0.4 is 5.32 Å². The van der Waals surface area contributed by atoms with Gasteiger partial charge in [0.2, 0.25) is 5.91 Å². The van der Waals surface area contributed by atoms with E-state index in [2.05, 4.69) is 10.3 Å². The Labute approximate surface area is 110 Å². The summed E-state index contributed by atoms with van der Waals surface area (Å²) in [5.74, 6) is 0.224. The summed E-state index contributed by atoms with van der Waals surface area (Å²) in [6, 6.07) is 6.20. The molecule has 1 amide bonds. The van der Waals surface area contributed by atoms with Gasteiger partial charge in [0.05, 0.1) is 5.69 Å². The molecular weight excluding hydrogens is 245 g/mol. The summed E-state index contributed by atoms with van der Waals surface area (Å²) in [7, 11) is 0. The van der Waals surface area contributed by atoms with Crippen LogP contribution in [0, 0.1) is 11.7 Å². The molecule has 0 aliphatic carbocycles. The van der Waals surface area contributed by atoms with Crippen molar-refractivity contribution in [2.75, 3.05) is 5.32 Å². The third kappa shape index (κ3) is 2.36. The molecule has 1 aromatic heterocycles. The molecule has 2 aromatic rings. The Hall–Kier alpha value is -2.17. The van der Waals surface area contributed by atoms with Gasteiger partial charge in [-0.3, -0.25) is 4.79 Å².